The van der Waals surface area contributed by atoms with Gasteiger partial charge in [-0.1, -0.05) is 0 Å². The highest BCUT2D eigenvalue weighted by Gasteiger charge is 2.34. The lowest BCUT2D eigenvalue weighted by molar-refractivity contribution is 0.0391. The first-order valence-corrected chi connectivity index (χ1v) is 7.59. The van der Waals surface area contributed by atoms with Gasteiger partial charge in [0.15, 0.2) is 11.6 Å². The maximum Gasteiger partial charge on any atom is 0.246 e. The standard InChI is InChI=1S/C12H16F2N2O3S/c1-8-7-19-3-2-16(8)20(17,18)11-5-9(6-15)4-10(13)12(11)14/h4-5,8H,2-3,6-7,15H2,1H3. The van der Waals surface area contributed by atoms with Gasteiger partial charge in [0.1, 0.15) is 4.90 Å². The number of halogens is 2. The van der Waals surface area contributed by atoms with Gasteiger partial charge in [0.05, 0.1) is 13.2 Å². The molecule has 112 valence electrons. The summed E-state index contributed by atoms with van der Waals surface area (Å²) in [5.74, 6) is -2.59. The van der Waals surface area contributed by atoms with Gasteiger partial charge in [-0.3, -0.25) is 0 Å². The first-order valence-electron chi connectivity index (χ1n) is 6.15. The van der Waals surface area contributed by atoms with Crippen molar-refractivity contribution in [3.05, 3.63) is 29.3 Å². The van der Waals surface area contributed by atoms with E-state index in [2.05, 4.69) is 0 Å². The van der Waals surface area contributed by atoms with Crippen LogP contribution in [-0.4, -0.2) is 38.5 Å². The predicted molar refractivity (Wildman–Crippen MR) is 68.4 cm³/mol. The SMILES string of the molecule is CC1COCCN1S(=O)(=O)c1cc(CN)cc(F)c1F. The smallest absolute Gasteiger partial charge is 0.246 e. The molecule has 1 saturated heterocycles. The lowest BCUT2D eigenvalue weighted by Crippen LogP contribution is -2.47. The summed E-state index contributed by atoms with van der Waals surface area (Å²) < 4.78 is 58.5. The van der Waals surface area contributed by atoms with Crippen LogP contribution in [0.1, 0.15) is 12.5 Å². The quantitative estimate of drug-likeness (QED) is 0.898. The zero-order chi connectivity index (χ0) is 14.9. The van der Waals surface area contributed by atoms with E-state index >= 15 is 0 Å². The van der Waals surface area contributed by atoms with E-state index in [-0.39, 0.29) is 31.9 Å². The van der Waals surface area contributed by atoms with E-state index in [0.717, 1.165) is 16.4 Å². The number of sulfonamides is 1. The minimum absolute atomic E-state index is 0.0710. The van der Waals surface area contributed by atoms with Crippen LogP contribution in [0.15, 0.2) is 17.0 Å². The molecular formula is C12H16F2N2O3S. The summed E-state index contributed by atoms with van der Waals surface area (Å²) in [7, 11) is -4.11. The average molecular weight is 306 g/mol. The number of hydrogen-bond acceptors (Lipinski definition) is 4. The highest BCUT2D eigenvalue weighted by molar-refractivity contribution is 7.89. The molecule has 1 aliphatic rings. The van der Waals surface area contributed by atoms with Crippen LogP contribution in [0.2, 0.25) is 0 Å². The summed E-state index contributed by atoms with van der Waals surface area (Å²) >= 11 is 0. The Morgan fingerprint density at radius 3 is 2.75 bits per heavy atom. The van der Waals surface area contributed by atoms with E-state index in [1.54, 1.807) is 6.92 Å². The highest BCUT2D eigenvalue weighted by Crippen LogP contribution is 2.25. The first kappa shape index (κ1) is 15.3. The number of ether oxygens (including phenoxy) is 1. The van der Waals surface area contributed by atoms with Crippen LogP contribution >= 0.6 is 0 Å². The molecule has 0 aliphatic carbocycles. The lowest BCUT2D eigenvalue weighted by Gasteiger charge is -2.32. The van der Waals surface area contributed by atoms with E-state index in [9.17, 15) is 17.2 Å². The summed E-state index contributed by atoms with van der Waals surface area (Å²) in [5, 5.41) is 0. The number of nitrogens with zero attached hydrogens (tertiary/aromatic N) is 1. The molecule has 0 aromatic heterocycles. The normalized spacial score (nSPS) is 21.1. The molecule has 0 radical (unpaired) electrons. The van der Waals surface area contributed by atoms with Crippen molar-refractivity contribution in [2.45, 2.75) is 24.4 Å². The fourth-order valence-electron chi connectivity index (χ4n) is 2.12. The molecule has 20 heavy (non-hydrogen) atoms. The van der Waals surface area contributed by atoms with Gasteiger partial charge < -0.3 is 10.5 Å². The van der Waals surface area contributed by atoms with Gasteiger partial charge in [0, 0.05) is 19.1 Å². The van der Waals surface area contributed by atoms with Gasteiger partial charge in [-0.25, -0.2) is 17.2 Å². The van der Waals surface area contributed by atoms with Crippen LogP contribution in [-0.2, 0) is 21.3 Å². The number of hydrogen-bond donors (Lipinski definition) is 1. The second-order valence-corrected chi connectivity index (χ2v) is 6.49. The van der Waals surface area contributed by atoms with Gasteiger partial charge in [-0.05, 0) is 24.6 Å². The largest absolute Gasteiger partial charge is 0.378 e. The molecule has 5 nitrogen and oxygen atoms in total. The fourth-order valence-corrected chi connectivity index (χ4v) is 3.84. The summed E-state index contributed by atoms with van der Waals surface area (Å²) in [4.78, 5) is -0.674. The number of rotatable bonds is 3. The van der Waals surface area contributed by atoms with Crippen LogP contribution in [0.5, 0.6) is 0 Å². The maximum atomic E-state index is 13.8. The monoisotopic (exact) mass is 306 g/mol. The topological polar surface area (TPSA) is 72.6 Å². The molecule has 8 heteroatoms. The van der Waals surface area contributed by atoms with Crippen LogP contribution in [0.3, 0.4) is 0 Å². The molecule has 0 spiro atoms. The average Bonchev–Trinajstić information content (AvgIpc) is 2.41. The van der Waals surface area contributed by atoms with Crippen molar-refractivity contribution in [3.63, 3.8) is 0 Å². The summed E-state index contributed by atoms with van der Waals surface area (Å²) in [5.41, 5.74) is 5.59. The predicted octanol–water partition coefficient (Wildman–Crippen LogP) is 0.833. The molecule has 0 saturated carbocycles. The molecular weight excluding hydrogens is 290 g/mol. The van der Waals surface area contributed by atoms with Crippen molar-refractivity contribution in [1.82, 2.24) is 4.31 Å². The molecule has 0 amide bonds. The minimum Gasteiger partial charge on any atom is -0.378 e. The molecule has 1 atom stereocenters. The zero-order valence-corrected chi connectivity index (χ0v) is 11.8. The first-order chi connectivity index (χ1) is 9.37. The van der Waals surface area contributed by atoms with Gasteiger partial charge in [0.2, 0.25) is 10.0 Å². The third-order valence-electron chi connectivity index (χ3n) is 3.18. The maximum absolute atomic E-state index is 13.8. The Kier molecular flexibility index (Phi) is 4.38. The highest BCUT2D eigenvalue weighted by atomic mass is 32.2. The molecule has 1 aliphatic heterocycles. The number of nitrogens with two attached hydrogens (primary N) is 1. The molecule has 1 aromatic rings. The van der Waals surface area contributed by atoms with E-state index < -0.39 is 32.6 Å². The third-order valence-corrected chi connectivity index (χ3v) is 5.20. The molecule has 0 bridgehead atoms. The Labute approximate surface area is 116 Å². The number of morpholine rings is 1. The Morgan fingerprint density at radius 1 is 1.45 bits per heavy atom. The van der Waals surface area contributed by atoms with Crippen molar-refractivity contribution in [1.29, 1.82) is 0 Å². The molecule has 1 heterocycles. The lowest BCUT2D eigenvalue weighted by atomic mass is 10.2. The van der Waals surface area contributed by atoms with Crippen LogP contribution in [0.25, 0.3) is 0 Å². The molecule has 2 N–H and O–H groups in total. The number of benzene rings is 1. The van der Waals surface area contributed by atoms with Crippen molar-refractivity contribution < 1.29 is 21.9 Å². The van der Waals surface area contributed by atoms with Gasteiger partial charge in [0.25, 0.3) is 0 Å². The van der Waals surface area contributed by atoms with Crippen LogP contribution in [0, 0.1) is 11.6 Å². The zero-order valence-electron chi connectivity index (χ0n) is 11.0. The van der Waals surface area contributed by atoms with E-state index in [1.807, 2.05) is 0 Å². The van der Waals surface area contributed by atoms with Gasteiger partial charge in [-0.15, -0.1) is 0 Å². The van der Waals surface area contributed by atoms with Crippen molar-refractivity contribution in [2.75, 3.05) is 19.8 Å². The Hall–Kier alpha value is -1.09. The van der Waals surface area contributed by atoms with Gasteiger partial charge in [-0.2, -0.15) is 4.31 Å². The fraction of sp³-hybridized carbons (Fsp3) is 0.500. The third kappa shape index (κ3) is 2.69. The van der Waals surface area contributed by atoms with Crippen molar-refractivity contribution in [3.8, 4) is 0 Å². The Morgan fingerprint density at radius 2 is 2.15 bits per heavy atom. The second kappa shape index (κ2) is 5.72. The van der Waals surface area contributed by atoms with E-state index in [4.69, 9.17) is 10.5 Å². The second-order valence-electron chi connectivity index (χ2n) is 4.63. The molecule has 2 rings (SSSR count). The van der Waals surface area contributed by atoms with Crippen molar-refractivity contribution in [2.24, 2.45) is 5.73 Å². The molecule has 1 unspecified atom stereocenters. The Balaban J connectivity index is 2.51. The summed E-state index contributed by atoms with van der Waals surface area (Å²) in [6.07, 6.45) is 0. The van der Waals surface area contributed by atoms with Crippen LogP contribution in [0.4, 0.5) is 8.78 Å². The molecule has 1 fully saturated rings. The van der Waals surface area contributed by atoms with Crippen LogP contribution < -0.4 is 5.73 Å². The van der Waals surface area contributed by atoms with E-state index in [1.165, 1.54) is 0 Å². The minimum atomic E-state index is -4.11. The van der Waals surface area contributed by atoms with Crippen molar-refractivity contribution >= 4 is 10.0 Å². The summed E-state index contributed by atoms with van der Waals surface area (Å²) in [6.45, 7) is 2.14. The summed E-state index contributed by atoms with van der Waals surface area (Å²) in [6, 6.07) is 1.55. The van der Waals surface area contributed by atoms with E-state index in [0.29, 0.717) is 0 Å². The Bertz CT molecular complexity index is 607. The molecule has 1 aromatic carbocycles. The van der Waals surface area contributed by atoms with Gasteiger partial charge >= 0.3 is 0 Å².